The molecule has 12 heteroatoms. The fourth-order valence-electron chi connectivity index (χ4n) is 5.01. The van der Waals surface area contributed by atoms with Gasteiger partial charge in [-0.15, -0.1) is 0 Å². The molecule has 0 saturated carbocycles. The molecule has 0 spiro atoms. The molecule has 0 N–H and O–H groups in total. The van der Waals surface area contributed by atoms with Crippen LogP contribution in [0.2, 0.25) is 0 Å². The predicted octanol–water partition coefficient (Wildman–Crippen LogP) is 0.915. The van der Waals surface area contributed by atoms with Gasteiger partial charge in [0.25, 0.3) is 0 Å². The van der Waals surface area contributed by atoms with E-state index in [1.807, 2.05) is 37.3 Å². The van der Waals surface area contributed by atoms with Crippen molar-refractivity contribution in [2.75, 3.05) is 26.2 Å². The van der Waals surface area contributed by atoms with Crippen LogP contribution < -0.4 is 5.11 Å². The molecule has 222 valence electrons. The van der Waals surface area contributed by atoms with Gasteiger partial charge in [0.1, 0.15) is 18.3 Å². The van der Waals surface area contributed by atoms with Gasteiger partial charge >= 0.3 is 11.9 Å². The Morgan fingerprint density at radius 2 is 1.70 bits per heavy atom. The first kappa shape index (κ1) is 31.5. The number of benzene rings is 1. The number of carbonyl (C=O) groups is 4. The summed E-state index contributed by atoms with van der Waals surface area (Å²) in [5, 5.41) is 13.4. The summed E-state index contributed by atoms with van der Waals surface area (Å²) in [7, 11) is 0. The summed E-state index contributed by atoms with van der Waals surface area (Å²) in [6.07, 6.45) is -4.96. The van der Waals surface area contributed by atoms with E-state index in [1.54, 1.807) is 0 Å². The van der Waals surface area contributed by atoms with Crippen molar-refractivity contribution in [1.29, 1.82) is 0 Å². The molecule has 2 aliphatic rings. The van der Waals surface area contributed by atoms with E-state index in [9.17, 15) is 24.3 Å². The third-order valence-electron chi connectivity index (χ3n) is 6.83. The number of nitrogens with zero attached hydrogens (tertiary/aromatic N) is 2. The maximum absolute atomic E-state index is 13.4. The van der Waals surface area contributed by atoms with Crippen LogP contribution in [-0.2, 0) is 42.9 Å². The number of carbonyl (C=O) groups excluding carboxylic acids is 4. The van der Waals surface area contributed by atoms with Crippen LogP contribution in [0.25, 0.3) is 0 Å². The number of hydrogen-bond acceptors (Lipinski definition) is 10. The first-order chi connectivity index (χ1) is 19.0. The molecule has 7 atom stereocenters. The molecule has 1 unspecified atom stereocenters. The highest BCUT2D eigenvalue weighted by Gasteiger charge is 2.51. The zero-order chi connectivity index (χ0) is 29.4. The molecule has 0 radical (unpaired) electrons. The molecule has 40 heavy (non-hydrogen) atoms. The normalized spacial score (nSPS) is 26.6. The van der Waals surface area contributed by atoms with Crippen LogP contribution in [0.4, 0.5) is 0 Å². The Balaban J connectivity index is 1.91. The predicted molar refractivity (Wildman–Crippen MR) is 138 cm³/mol. The molecular formula is C28H39N2O10-. The highest BCUT2D eigenvalue weighted by molar-refractivity contribution is 5.75. The lowest BCUT2D eigenvalue weighted by atomic mass is 9.93. The standard InChI is InChI=1S/C28H39N2O10/c1-6-7-13-29(17(2)31)14-22(37-19(4)33)15-30(18(3)32)24-26(38-20(5)34)25-23(39-27(24)35)16-36-28(40-25)21-11-9-8-10-12-21/h8-12,22-28H,6-7,13-16H2,1-5H3/q-1/t22-,23-,24-,25-,26-,27-,28?/m1/s1. The summed E-state index contributed by atoms with van der Waals surface area (Å²) in [6, 6.07) is 7.81. The monoisotopic (exact) mass is 563 g/mol. The lowest BCUT2D eigenvalue weighted by Crippen LogP contribution is -2.71. The SMILES string of the molecule is CCCCN(C[C@H](CN(C(C)=O)[C@@H]1[C@@H](OC(C)=O)[C@@H]2OC(c3ccccc3)OC[C@H]2O[C@H]1[O-])OC(C)=O)C(C)=O. The maximum atomic E-state index is 13.4. The molecule has 1 aromatic rings. The minimum atomic E-state index is -1.82. The van der Waals surface area contributed by atoms with Gasteiger partial charge in [-0.25, -0.2) is 0 Å². The number of esters is 2. The Morgan fingerprint density at radius 3 is 2.27 bits per heavy atom. The van der Waals surface area contributed by atoms with E-state index in [1.165, 1.54) is 37.5 Å². The molecule has 0 aromatic heterocycles. The van der Waals surface area contributed by atoms with Crippen molar-refractivity contribution < 1.29 is 48.0 Å². The second kappa shape index (κ2) is 14.5. The van der Waals surface area contributed by atoms with Crippen molar-refractivity contribution in [3.63, 3.8) is 0 Å². The Hall–Kier alpha value is -3.06. The maximum Gasteiger partial charge on any atom is 0.303 e. The van der Waals surface area contributed by atoms with Gasteiger partial charge in [0.15, 0.2) is 12.4 Å². The van der Waals surface area contributed by atoms with Crippen molar-refractivity contribution in [1.82, 2.24) is 9.80 Å². The first-order valence-corrected chi connectivity index (χ1v) is 13.5. The third-order valence-corrected chi connectivity index (χ3v) is 6.83. The molecule has 2 fully saturated rings. The number of ether oxygens (including phenoxy) is 5. The van der Waals surface area contributed by atoms with Gasteiger partial charge in [-0.3, -0.25) is 19.2 Å². The first-order valence-electron chi connectivity index (χ1n) is 13.5. The highest BCUT2D eigenvalue weighted by atomic mass is 16.7. The molecule has 2 aliphatic heterocycles. The van der Waals surface area contributed by atoms with Crippen LogP contribution in [0.1, 0.15) is 59.3 Å². The van der Waals surface area contributed by atoms with Gasteiger partial charge in [0.2, 0.25) is 11.8 Å². The Kier molecular flexibility index (Phi) is 11.4. The van der Waals surface area contributed by atoms with Crippen molar-refractivity contribution in [2.45, 2.75) is 90.5 Å². The topological polar surface area (TPSA) is 144 Å². The summed E-state index contributed by atoms with van der Waals surface area (Å²) in [4.78, 5) is 52.1. The summed E-state index contributed by atoms with van der Waals surface area (Å²) in [6.45, 7) is 7.31. The second-order valence-corrected chi connectivity index (χ2v) is 10.0. The molecular weight excluding hydrogens is 524 g/mol. The fourth-order valence-corrected chi connectivity index (χ4v) is 5.01. The van der Waals surface area contributed by atoms with E-state index < -0.39 is 60.9 Å². The van der Waals surface area contributed by atoms with Crippen LogP contribution in [0, 0.1) is 0 Å². The van der Waals surface area contributed by atoms with Crippen LogP contribution in [0.5, 0.6) is 0 Å². The number of unbranched alkanes of at least 4 members (excludes halogenated alkanes) is 1. The average molecular weight is 564 g/mol. The zero-order valence-corrected chi connectivity index (χ0v) is 23.6. The molecule has 2 saturated heterocycles. The Bertz CT molecular complexity index is 1020. The van der Waals surface area contributed by atoms with E-state index in [-0.39, 0.29) is 25.6 Å². The van der Waals surface area contributed by atoms with E-state index in [0.717, 1.165) is 18.4 Å². The van der Waals surface area contributed by atoms with Gasteiger partial charge in [-0.1, -0.05) is 43.7 Å². The van der Waals surface area contributed by atoms with Crippen LogP contribution in [-0.4, -0.2) is 96.5 Å². The van der Waals surface area contributed by atoms with Crippen molar-refractivity contribution in [3.05, 3.63) is 35.9 Å². The van der Waals surface area contributed by atoms with E-state index in [0.29, 0.717) is 6.54 Å². The van der Waals surface area contributed by atoms with Gasteiger partial charge in [-0.2, -0.15) is 0 Å². The number of rotatable bonds is 11. The van der Waals surface area contributed by atoms with Crippen LogP contribution >= 0.6 is 0 Å². The second-order valence-electron chi connectivity index (χ2n) is 10.0. The van der Waals surface area contributed by atoms with E-state index in [2.05, 4.69) is 0 Å². The minimum Gasteiger partial charge on any atom is -0.829 e. The molecule has 1 aromatic carbocycles. The lowest BCUT2D eigenvalue weighted by molar-refractivity contribution is -0.532. The van der Waals surface area contributed by atoms with Gasteiger partial charge in [-0.05, 0) is 6.42 Å². The zero-order valence-electron chi connectivity index (χ0n) is 23.6. The molecule has 0 aliphatic carbocycles. The Labute approximate surface area is 234 Å². The van der Waals surface area contributed by atoms with Crippen LogP contribution in [0.3, 0.4) is 0 Å². The average Bonchev–Trinajstić information content (AvgIpc) is 2.89. The van der Waals surface area contributed by atoms with Crippen molar-refractivity contribution in [2.24, 2.45) is 0 Å². The number of hydrogen-bond donors (Lipinski definition) is 0. The molecule has 0 bridgehead atoms. The van der Waals surface area contributed by atoms with Crippen LogP contribution in [0.15, 0.2) is 30.3 Å². The Morgan fingerprint density at radius 1 is 1.00 bits per heavy atom. The fraction of sp³-hybridized carbons (Fsp3) is 0.643. The molecule has 2 amide bonds. The molecule has 3 rings (SSSR count). The number of amides is 2. The summed E-state index contributed by atoms with van der Waals surface area (Å²) >= 11 is 0. The van der Waals surface area contributed by atoms with E-state index >= 15 is 0 Å². The lowest BCUT2D eigenvalue weighted by Gasteiger charge is -2.54. The molecule has 2 heterocycles. The van der Waals surface area contributed by atoms with E-state index in [4.69, 9.17) is 23.7 Å². The minimum absolute atomic E-state index is 0.00853. The third kappa shape index (κ3) is 8.23. The van der Waals surface area contributed by atoms with Crippen molar-refractivity contribution in [3.8, 4) is 0 Å². The summed E-state index contributed by atoms with van der Waals surface area (Å²) < 4.78 is 28.8. The largest absolute Gasteiger partial charge is 0.829 e. The summed E-state index contributed by atoms with van der Waals surface area (Å²) in [5.74, 6) is -2.03. The van der Waals surface area contributed by atoms with Gasteiger partial charge in [0, 0.05) is 46.1 Å². The van der Waals surface area contributed by atoms with Crippen molar-refractivity contribution >= 4 is 23.8 Å². The van der Waals surface area contributed by atoms with Gasteiger partial charge < -0.3 is 38.6 Å². The quantitative estimate of drug-likeness (QED) is 0.356. The smallest absolute Gasteiger partial charge is 0.303 e. The molecule has 12 nitrogen and oxygen atoms in total. The van der Waals surface area contributed by atoms with Gasteiger partial charge in [0.05, 0.1) is 25.7 Å². The summed E-state index contributed by atoms with van der Waals surface area (Å²) in [5.41, 5.74) is 0.720. The highest BCUT2D eigenvalue weighted by Crippen LogP contribution is 2.36. The number of fused-ring (bicyclic) bond motifs is 1.